The summed E-state index contributed by atoms with van der Waals surface area (Å²) in [7, 11) is 0. The van der Waals surface area contributed by atoms with E-state index in [1.54, 1.807) is 0 Å². The highest BCUT2D eigenvalue weighted by Crippen LogP contribution is 2.12. The summed E-state index contributed by atoms with van der Waals surface area (Å²) in [5.74, 6) is -0.772. The van der Waals surface area contributed by atoms with Crippen molar-refractivity contribution in [2.24, 2.45) is 0 Å². The normalized spacial score (nSPS) is 14.1. The smallest absolute Gasteiger partial charge is 0.257 e. The number of benzene rings is 2. The summed E-state index contributed by atoms with van der Waals surface area (Å²) in [5, 5.41) is 5.75. The zero-order chi connectivity index (χ0) is 18.4. The van der Waals surface area contributed by atoms with E-state index < -0.39 is 0 Å². The second-order valence-corrected chi connectivity index (χ2v) is 6.41. The first-order valence-electron chi connectivity index (χ1n) is 8.37. The minimum Gasteiger partial charge on any atom is -0.379 e. The Morgan fingerprint density at radius 3 is 2.33 bits per heavy atom. The Hall–Kier alpha value is -2.06. The van der Waals surface area contributed by atoms with Gasteiger partial charge in [-0.1, -0.05) is 12.1 Å². The van der Waals surface area contributed by atoms with Crippen LogP contribution in [0.4, 0.5) is 10.1 Å². The van der Waals surface area contributed by atoms with Gasteiger partial charge in [-0.2, -0.15) is 0 Å². The van der Waals surface area contributed by atoms with Crippen LogP contribution in [0.1, 0.15) is 15.9 Å². The minimum absolute atomic E-state index is 0. The Morgan fingerprint density at radius 2 is 1.70 bits per heavy atom. The standard InChI is InChI=1S/C19H20FN3O2S.ClH/c20-16-5-3-15(4-6-16)18(24)22-19(26)21-17-7-1-14(2-8-17)13-23-9-11-25-12-10-23;/h1-8H,9-13H2,(H2,21,22,24,26);1H. The number of nitrogens with zero attached hydrogens (tertiary/aromatic N) is 1. The molecule has 2 aromatic rings. The van der Waals surface area contributed by atoms with Gasteiger partial charge in [-0.25, -0.2) is 4.39 Å². The fraction of sp³-hybridized carbons (Fsp3) is 0.263. The lowest BCUT2D eigenvalue weighted by molar-refractivity contribution is 0.0342. The van der Waals surface area contributed by atoms with Crippen LogP contribution in [0, 0.1) is 5.82 Å². The second-order valence-electron chi connectivity index (χ2n) is 6.00. The number of amides is 1. The zero-order valence-corrected chi connectivity index (χ0v) is 16.2. The van der Waals surface area contributed by atoms with E-state index in [0.29, 0.717) is 5.56 Å². The number of carbonyl (C=O) groups excluding carboxylic acids is 1. The highest BCUT2D eigenvalue weighted by molar-refractivity contribution is 7.80. The molecule has 0 radical (unpaired) electrons. The molecule has 1 heterocycles. The summed E-state index contributed by atoms with van der Waals surface area (Å²) in [6.45, 7) is 4.33. The monoisotopic (exact) mass is 409 g/mol. The molecule has 0 unspecified atom stereocenters. The SMILES string of the molecule is Cl.O=C(NC(=S)Nc1ccc(CN2CCOCC2)cc1)c1ccc(F)cc1. The fourth-order valence-corrected chi connectivity index (χ4v) is 2.86. The van der Waals surface area contributed by atoms with Gasteiger partial charge in [0, 0.05) is 30.9 Å². The Labute approximate surface area is 169 Å². The lowest BCUT2D eigenvalue weighted by atomic mass is 10.2. The molecule has 8 heteroatoms. The molecule has 2 N–H and O–H groups in total. The van der Waals surface area contributed by atoms with E-state index in [-0.39, 0.29) is 29.2 Å². The molecule has 5 nitrogen and oxygen atoms in total. The molecule has 3 rings (SSSR count). The van der Waals surface area contributed by atoms with Crippen LogP contribution >= 0.6 is 24.6 Å². The third-order valence-electron chi connectivity index (χ3n) is 4.06. The van der Waals surface area contributed by atoms with Crippen LogP contribution in [0.25, 0.3) is 0 Å². The molecule has 1 fully saturated rings. The minimum atomic E-state index is -0.389. The summed E-state index contributed by atoms with van der Waals surface area (Å²) >= 11 is 5.16. The number of hydrogen-bond donors (Lipinski definition) is 2. The molecule has 27 heavy (non-hydrogen) atoms. The van der Waals surface area contributed by atoms with Gasteiger partial charge in [-0.15, -0.1) is 12.4 Å². The van der Waals surface area contributed by atoms with Crippen molar-refractivity contribution in [2.45, 2.75) is 6.54 Å². The Bertz CT molecular complexity index is 766. The Morgan fingerprint density at radius 1 is 1.07 bits per heavy atom. The first-order chi connectivity index (χ1) is 12.6. The third-order valence-corrected chi connectivity index (χ3v) is 4.26. The number of rotatable bonds is 4. The molecule has 1 saturated heterocycles. The summed E-state index contributed by atoms with van der Waals surface area (Å²) in [6, 6.07) is 13.2. The predicted octanol–water partition coefficient (Wildman–Crippen LogP) is 3.21. The maximum absolute atomic E-state index is 12.9. The first-order valence-corrected chi connectivity index (χ1v) is 8.78. The topological polar surface area (TPSA) is 53.6 Å². The number of halogens is 2. The van der Waals surface area contributed by atoms with E-state index in [1.165, 1.54) is 29.8 Å². The molecular weight excluding hydrogens is 389 g/mol. The molecule has 1 aliphatic heterocycles. The molecular formula is C19H21ClFN3O2S. The Balaban J connectivity index is 0.00000261. The summed E-state index contributed by atoms with van der Waals surface area (Å²) in [5.41, 5.74) is 2.34. The largest absolute Gasteiger partial charge is 0.379 e. The number of morpholine rings is 1. The first kappa shape index (κ1) is 21.2. The van der Waals surface area contributed by atoms with Crippen molar-refractivity contribution in [3.05, 3.63) is 65.5 Å². The molecule has 2 aromatic carbocycles. The van der Waals surface area contributed by atoms with Crippen LogP contribution < -0.4 is 10.6 Å². The fourth-order valence-electron chi connectivity index (χ4n) is 2.65. The predicted molar refractivity (Wildman–Crippen MR) is 110 cm³/mol. The van der Waals surface area contributed by atoms with E-state index in [2.05, 4.69) is 15.5 Å². The van der Waals surface area contributed by atoms with Crippen molar-refractivity contribution in [2.75, 3.05) is 31.6 Å². The van der Waals surface area contributed by atoms with E-state index in [0.717, 1.165) is 38.5 Å². The van der Waals surface area contributed by atoms with Crippen molar-refractivity contribution >= 4 is 41.3 Å². The van der Waals surface area contributed by atoms with Gasteiger partial charge >= 0.3 is 0 Å². The number of anilines is 1. The van der Waals surface area contributed by atoms with Crippen molar-refractivity contribution in [3.8, 4) is 0 Å². The number of thiocarbonyl (C=S) groups is 1. The highest BCUT2D eigenvalue weighted by Gasteiger charge is 2.11. The van der Waals surface area contributed by atoms with E-state index in [4.69, 9.17) is 17.0 Å². The lowest BCUT2D eigenvalue weighted by Gasteiger charge is -2.26. The summed E-state index contributed by atoms with van der Waals surface area (Å²) in [6.07, 6.45) is 0. The van der Waals surface area contributed by atoms with Crippen LogP contribution in [0.2, 0.25) is 0 Å². The van der Waals surface area contributed by atoms with Crippen molar-refractivity contribution in [1.82, 2.24) is 10.2 Å². The van der Waals surface area contributed by atoms with Gasteiger partial charge in [-0.05, 0) is 54.2 Å². The second kappa shape index (κ2) is 10.3. The molecule has 0 aromatic heterocycles. The number of nitrogens with one attached hydrogen (secondary N) is 2. The van der Waals surface area contributed by atoms with Crippen LogP contribution in [0.5, 0.6) is 0 Å². The maximum Gasteiger partial charge on any atom is 0.257 e. The van der Waals surface area contributed by atoms with Crippen molar-refractivity contribution in [1.29, 1.82) is 0 Å². The average molecular weight is 410 g/mol. The van der Waals surface area contributed by atoms with Gasteiger partial charge in [0.1, 0.15) is 5.82 Å². The molecule has 0 bridgehead atoms. The van der Waals surface area contributed by atoms with Crippen LogP contribution in [-0.2, 0) is 11.3 Å². The average Bonchev–Trinajstić information content (AvgIpc) is 2.64. The molecule has 1 aliphatic rings. The third kappa shape index (κ3) is 6.55. The van der Waals surface area contributed by atoms with Crippen LogP contribution in [0.15, 0.2) is 48.5 Å². The van der Waals surface area contributed by atoms with Gasteiger partial charge in [0.2, 0.25) is 0 Å². The van der Waals surface area contributed by atoms with Crippen molar-refractivity contribution in [3.63, 3.8) is 0 Å². The highest BCUT2D eigenvalue weighted by atomic mass is 35.5. The zero-order valence-electron chi connectivity index (χ0n) is 14.6. The number of ether oxygens (including phenoxy) is 1. The quantitative estimate of drug-likeness (QED) is 0.759. The molecule has 0 atom stereocenters. The summed E-state index contributed by atoms with van der Waals surface area (Å²) < 4.78 is 18.3. The number of carbonyl (C=O) groups is 1. The molecule has 0 spiro atoms. The lowest BCUT2D eigenvalue weighted by Crippen LogP contribution is -2.35. The van der Waals surface area contributed by atoms with Crippen molar-refractivity contribution < 1.29 is 13.9 Å². The number of hydrogen-bond acceptors (Lipinski definition) is 4. The van der Waals surface area contributed by atoms with Gasteiger partial charge in [0.25, 0.3) is 5.91 Å². The van der Waals surface area contributed by atoms with E-state index >= 15 is 0 Å². The molecule has 0 saturated carbocycles. The van der Waals surface area contributed by atoms with Gasteiger partial charge in [0.05, 0.1) is 13.2 Å². The van der Waals surface area contributed by atoms with Gasteiger partial charge < -0.3 is 10.1 Å². The summed E-state index contributed by atoms with van der Waals surface area (Å²) in [4.78, 5) is 14.4. The van der Waals surface area contributed by atoms with Crippen LogP contribution in [0.3, 0.4) is 0 Å². The van der Waals surface area contributed by atoms with Crippen LogP contribution in [-0.4, -0.2) is 42.2 Å². The van der Waals surface area contributed by atoms with E-state index in [9.17, 15) is 9.18 Å². The van der Waals surface area contributed by atoms with E-state index in [1.807, 2.05) is 24.3 Å². The molecule has 144 valence electrons. The molecule has 0 aliphatic carbocycles. The Kier molecular flexibility index (Phi) is 8.12. The van der Waals surface area contributed by atoms with Gasteiger partial charge in [-0.3, -0.25) is 15.0 Å². The van der Waals surface area contributed by atoms with Gasteiger partial charge in [0.15, 0.2) is 5.11 Å². The maximum atomic E-state index is 12.9. The molecule has 1 amide bonds.